The Balaban J connectivity index is 0.000000846. The van der Waals surface area contributed by atoms with Crippen LogP contribution in [0, 0.1) is 12.8 Å². The maximum Gasteiger partial charge on any atom is 0.322 e. The fourth-order valence-corrected chi connectivity index (χ4v) is 3.23. The number of hydrogen-bond acceptors (Lipinski definition) is 7. The number of phenolic OH excluding ortho intramolecular Hbond substituents is 1. The molecule has 4 amide bonds. The SMILES string of the molecule is CC(C)C[C@H](NC=O)C(=O)NC(CCC(N)=O)C(=O)NCC(=O)O.CCCc1cc(C)c(O)c(N)c1. The van der Waals surface area contributed by atoms with Crippen LogP contribution in [0.5, 0.6) is 5.75 Å². The van der Waals surface area contributed by atoms with E-state index in [0.29, 0.717) is 18.5 Å². The number of carboxylic acid groups (broad SMARTS) is 1. The summed E-state index contributed by atoms with van der Waals surface area (Å²) in [7, 11) is 0. The fraction of sp³-hybridized carbons (Fsp3) is 0.542. The molecule has 12 nitrogen and oxygen atoms in total. The van der Waals surface area contributed by atoms with E-state index in [9.17, 15) is 29.1 Å². The smallest absolute Gasteiger partial charge is 0.322 e. The summed E-state index contributed by atoms with van der Waals surface area (Å²) in [5.74, 6) is -2.93. The zero-order chi connectivity index (χ0) is 27.8. The minimum absolute atomic E-state index is 0.0813. The van der Waals surface area contributed by atoms with Crippen LogP contribution in [0.25, 0.3) is 0 Å². The second-order valence-electron chi connectivity index (χ2n) is 8.74. The van der Waals surface area contributed by atoms with Crippen molar-refractivity contribution in [3.05, 3.63) is 23.3 Å². The van der Waals surface area contributed by atoms with Gasteiger partial charge in [0.15, 0.2) is 0 Å². The Kier molecular flexibility index (Phi) is 15.0. The van der Waals surface area contributed by atoms with Crippen LogP contribution in [0.4, 0.5) is 5.69 Å². The van der Waals surface area contributed by atoms with Gasteiger partial charge in [0, 0.05) is 6.42 Å². The van der Waals surface area contributed by atoms with E-state index in [1.807, 2.05) is 32.9 Å². The van der Waals surface area contributed by atoms with Gasteiger partial charge in [-0.1, -0.05) is 33.3 Å². The summed E-state index contributed by atoms with van der Waals surface area (Å²) in [5.41, 5.74) is 13.2. The maximum atomic E-state index is 12.2. The molecule has 2 atom stereocenters. The molecule has 0 radical (unpaired) electrons. The lowest BCUT2D eigenvalue weighted by molar-refractivity contribution is -0.138. The van der Waals surface area contributed by atoms with Gasteiger partial charge in [0.05, 0.1) is 5.69 Å². The molecule has 36 heavy (non-hydrogen) atoms. The average Bonchev–Trinajstić information content (AvgIpc) is 2.78. The molecule has 0 aromatic heterocycles. The van der Waals surface area contributed by atoms with Crippen LogP contribution in [0.2, 0.25) is 0 Å². The second-order valence-corrected chi connectivity index (χ2v) is 8.74. The molecular weight excluding hydrogens is 470 g/mol. The number of amides is 4. The summed E-state index contributed by atoms with van der Waals surface area (Å²) in [5, 5.41) is 24.9. The number of carboxylic acids is 1. The molecule has 1 aromatic rings. The molecule has 1 aromatic carbocycles. The highest BCUT2D eigenvalue weighted by Gasteiger charge is 2.26. The Hall–Kier alpha value is -3.83. The van der Waals surface area contributed by atoms with Crippen molar-refractivity contribution in [3.63, 3.8) is 0 Å². The van der Waals surface area contributed by atoms with E-state index in [1.165, 1.54) is 5.56 Å². The second kappa shape index (κ2) is 16.7. The Morgan fingerprint density at radius 3 is 2.22 bits per heavy atom. The van der Waals surface area contributed by atoms with Gasteiger partial charge in [-0.2, -0.15) is 0 Å². The largest absolute Gasteiger partial charge is 0.506 e. The number of carbonyl (C=O) groups excluding carboxylic acids is 4. The van der Waals surface area contributed by atoms with Gasteiger partial charge in [-0.3, -0.25) is 24.0 Å². The zero-order valence-corrected chi connectivity index (χ0v) is 21.3. The Morgan fingerprint density at radius 2 is 1.75 bits per heavy atom. The van der Waals surface area contributed by atoms with Crippen LogP contribution in [-0.4, -0.2) is 58.9 Å². The van der Waals surface area contributed by atoms with Crippen LogP contribution in [0.1, 0.15) is 57.6 Å². The normalized spacial score (nSPS) is 11.9. The number of nitrogen functional groups attached to an aromatic ring is 1. The minimum Gasteiger partial charge on any atom is -0.506 e. The highest BCUT2D eigenvalue weighted by atomic mass is 16.4. The molecule has 0 aliphatic heterocycles. The number of aliphatic carboxylic acids is 1. The van der Waals surface area contributed by atoms with E-state index in [2.05, 4.69) is 22.9 Å². The molecule has 0 heterocycles. The number of primary amides is 1. The summed E-state index contributed by atoms with van der Waals surface area (Å²) < 4.78 is 0. The molecule has 0 aliphatic carbocycles. The predicted octanol–water partition coefficient (Wildman–Crippen LogP) is 0.334. The average molecular weight is 510 g/mol. The summed E-state index contributed by atoms with van der Waals surface area (Å²) in [4.78, 5) is 56.2. The number of nitrogens with one attached hydrogen (secondary N) is 3. The van der Waals surface area contributed by atoms with Gasteiger partial charge in [0.2, 0.25) is 24.1 Å². The van der Waals surface area contributed by atoms with Crippen molar-refractivity contribution in [2.75, 3.05) is 12.3 Å². The molecule has 0 bridgehead atoms. The first-order valence-electron chi connectivity index (χ1n) is 11.7. The van der Waals surface area contributed by atoms with Crippen LogP contribution < -0.4 is 27.4 Å². The third-order valence-electron chi connectivity index (χ3n) is 4.95. The number of rotatable bonds is 14. The van der Waals surface area contributed by atoms with E-state index in [1.54, 1.807) is 0 Å². The predicted molar refractivity (Wildman–Crippen MR) is 135 cm³/mol. The lowest BCUT2D eigenvalue weighted by Gasteiger charge is -2.22. The Bertz CT molecular complexity index is 882. The number of nitrogens with two attached hydrogens (primary N) is 2. The highest BCUT2D eigenvalue weighted by Crippen LogP contribution is 2.26. The zero-order valence-electron chi connectivity index (χ0n) is 21.3. The molecule has 12 heteroatoms. The summed E-state index contributed by atoms with van der Waals surface area (Å²) in [6.45, 7) is 7.08. The van der Waals surface area contributed by atoms with E-state index in [4.69, 9.17) is 16.6 Å². The summed E-state index contributed by atoms with van der Waals surface area (Å²) >= 11 is 0. The lowest BCUT2D eigenvalue weighted by Crippen LogP contribution is -2.53. The third-order valence-corrected chi connectivity index (χ3v) is 4.95. The summed E-state index contributed by atoms with van der Waals surface area (Å²) in [6.07, 6.45) is 2.61. The topological polar surface area (TPSA) is 214 Å². The number of anilines is 1. The molecule has 0 saturated heterocycles. The molecule has 0 fully saturated rings. The van der Waals surface area contributed by atoms with Crippen LogP contribution >= 0.6 is 0 Å². The summed E-state index contributed by atoms with van der Waals surface area (Å²) in [6, 6.07) is 1.85. The van der Waals surface area contributed by atoms with Crippen LogP contribution in [0.15, 0.2) is 12.1 Å². The molecule has 1 rings (SSSR count). The number of aromatic hydroxyl groups is 1. The van der Waals surface area contributed by atoms with Gasteiger partial charge in [0.1, 0.15) is 24.4 Å². The standard InChI is InChI=1S/C14H24N4O6.C10H15NO/c1-8(2)5-10(17-7-19)14(24)18-9(3-4-11(15)20)13(23)16-6-12(21)22;1-3-4-8-5-7(2)10(12)9(11)6-8/h7-10H,3-6H2,1-2H3,(H2,15,20)(H,16,23)(H,17,19)(H,18,24)(H,21,22);5-6,12H,3-4,11H2,1-2H3/t9?,10-;/m0./s1. The van der Waals surface area contributed by atoms with Crippen LogP contribution in [0.3, 0.4) is 0 Å². The number of benzene rings is 1. The third kappa shape index (κ3) is 13.2. The van der Waals surface area contributed by atoms with E-state index in [-0.39, 0.29) is 24.5 Å². The Labute approximate surface area is 211 Å². The number of phenols is 1. The molecule has 0 spiro atoms. The first kappa shape index (κ1) is 32.2. The van der Waals surface area contributed by atoms with E-state index >= 15 is 0 Å². The lowest BCUT2D eigenvalue weighted by atomic mass is 10.0. The number of carbonyl (C=O) groups is 5. The minimum atomic E-state index is -1.25. The number of aryl methyl sites for hydroxylation is 2. The number of hydrogen-bond donors (Lipinski definition) is 7. The highest BCUT2D eigenvalue weighted by molar-refractivity contribution is 5.92. The Morgan fingerprint density at radius 1 is 1.11 bits per heavy atom. The van der Waals surface area contributed by atoms with E-state index in [0.717, 1.165) is 18.4 Å². The molecule has 0 saturated carbocycles. The first-order valence-corrected chi connectivity index (χ1v) is 11.7. The molecule has 202 valence electrons. The van der Waals surface area contributed by atoms with Crippen LogP contribution in [-0.2, 0) is 30.4 Å². The van der Waals surface area contributed by atoms with Crippen molar-refractivity contribution in [3.8, 4) is 5.75 Å². The quantitative estimate of drug-likeness (QED) is 0.105. The molecule has 0 aliphatic rings. The van der Waals surface area contributed by atoms with Gasteiger partial charge in [-0.05, 0) is 49.3 Å². The van der Waals surface area contributed by atoms with Crippen molar-refractivity contribution >= 4 is 35.8 Å². The molecular formula is C24H39N5O7. The fourth-order valence-electron chi connectivity index (χ4n) is 3.23. The van der Waals surface area contributed by atoms with E-state index < -0.39 is 42.3 Å². The van der Waals surface area contributed by atoms with Crippen molar-refractivity contribution < 1.29 is 34.2 Å². The maximum absolute atomic E-state index is 12.2. The van der Waals surface area contributed by atoms with Gasteiger partial charge >= 0.3 is 5.97 Å². The van der Waals surface area contributed by atoms with Gasteiger partial charge in [-0.25, -0.2) is 0 Å². The van der Waals surface area contributed by atoms with Crippen molar-refractivity contribution in [1.29, 1.82) is 0 Å². The molecule has 9 N–H and O–H groups in total. The van der Waals surface area contributed by atoms with Crippen molar-refractivity contribution in [2.24, 2.45) is 11.7 Å². The van der Waals surface area contributed by atoms with Gasteiger partial charge in [-0.15, -0.1) is 0 Å². The van der Waals surface area contributed by atoms with Gasteiger partial charge in [0.25, 0.3) is 0 Å². The van der Waals surface area contributed by atoms with Crippen molar-refractivity contribution in [2.45, 2.75) is 71.9 Å². The first-order chi connectivity index (χ1) is 16.8. The van der Waals surface area contributed by atoms with Crippen molar-refractivity contribution in [1.82, 2.24) is 16.0 Å². The molecule has 1 unspecified atom stereocenters. The van der Waals surface area contributed by atoms with Gasteiger partial charge < -0.3 is 37.6 Å². The monoisotopic (exact) mass is 509 g/mol.